The van der Waals surface area contributed by atoms with Crippen molar-refractivity contribution in [2.75, 3.05) is 26.4 Å². The van der Waals surface area contributed by atoms with Crippen molar-refractivity contribution in [2.24, 2.45) is 5.73 Å². The van der Waals surface area contributed by atoms with E-state index in [2.05, 4.69) is 86.8 Å². The Morgan fingerprint density at radius 1 is 0.608 bits per heavy atom. The summed E-state index contributed by atoms with van der Waals surface area (Å²) in [4.78, 5) is 34.6. The molecule has 10 heteroatoms. The Hall–Kier alpha value is -2.81. The average molecular weight is 734 g/mol. The van der Waals surface area contributed by atoms with Gasteiger partial charge in [-0.2, -0.15) is 0 Å². The van der Waals surface area contributed by atoms with Crippen molar-refractivity contribution < 1.29 is 37.6 Å². The van der Waals surface area contributed by atoms with Crippen molar-refractivity contribution in [1.29, 1.82) is 0 Å². The molecule has 0 rings (SSSR count). The van der Waals surface area contributed by atoms with Gasteiger partial charge in [-0.25, -0.2) is 4.57 Å². The fraction of sp³-hybridized carbons (Fsp3) is 0.610. The average Bonchev–Trinajstić information content (AvgIpc) is 3.11. The Balaban J connectivity index is 4.39. The first kappa shape index (κ1) is 48.2. The predicted molar refractivity (Wildman–Crippen MR) is 210 cm³/mol. The van der Waals surface area contributed by atoms with Crippen LogP contribution in [0.4, 0.5) is 0 Å². The van der Waals surface area contributed by atoms with Gasteiger partial charge in [0.15, 0.2) is 6.10 Å². The Morgan fingerprint density at radius 3 is 1.69 bits per heavy atom. The molecule has 0 aromatic heterocycles. The Kier molecular flexibility index (Phi) is 34.9. The maximum Gasteiger partial charge on any atom is 0.472 e. The molecule has 0 aliphatic carbocycles. The predicted octanol–water partition coefficient (Wildman–Crippen LogP) is 10.5. The number of ether oxygens (including phenoxy) is 2. The molecule has 51 heavy (non-hydrogen) atoms. The molecule has 0 fully saturated rings. The molecular formula is C41H68NO8P. The highest BCUT2D eigenvalue weighted by Crippen LogP contribution is 2.43. The molecule has 290 valence electrons. The molecule has 0 aromatic carbocycles. The maximum absolute atomic E-state index is 12.5. The van der Waals surface area contributed by atoms with Crippen LogP contribution in [0.25, 0.3) is 0 Å². The van der Waals surface area contributed by atoms with Gasteiger partial charge in [-0.3, -0.25) is 18.6 Å². The van der Waals surface area contributed by atoms with Crippen LogP contribution in [-0.2, 0) is 32.7 Å². The minimum absolute atomic E-state index is 0.0363. The molecule has 0 aromatic rings. The van der Waals surface area contributed by atoms with Crippen LogP contribution in [0.15, 0.2) is 85.1 Å². The minimum Gasteiger partial charge on any atom is -0.462 e. The quantitative estimate of drug-likeness (QED) is 0.0287. The summed E-state index contributed by atoms with van der Waals surface area (Å²) in [5, 5.41) is 0. The molecule has 2 atom stereocenters. The highest BCUT2D eigenvalue weighted by molar-refractivity contribution is 7.47. The summed E-state index contributed by atoms with van der Waals surface area (Å²) in [6.45, 7) is 3.44. The van der Waals surface area contributed by atoms with E-state index in [-0.39, 0.29) is 32.6 Å². The standard InChI is InChI=1S/C41H68NO8P/c1-3-5-7-9-11-13-15-16-17-18-19-20-21-22-24-26-28-30-32-34-41(44)50-39(38-49-51(45,46)48-36-35-42)37-47-40(43)33-31-29-27-25-23-14-12-10-8-6-4-2/h5,7,10-13,16-17,19-20,22,24,28,30,39H,3-4,6,8-9,14-15,18,21,23,25-27,29,31-38,42H2,1-2H3,(H,45,46)/b7-5+,12-10+,13-11+,17-16+,20-19+,24-22+,30-28+/t39-/m1/s1. The summed E-state index contributed by atoms with van der Waals surface area (Å²) in [6.07, 6.45) is 44.9. The van der Waals surface area contributed by atoms with Gasteiger partial charge in [0.1, 0.15) is 6.61 Å². The van der Waals surface area contributed by atoms with Gasteiger partial charge in [0.05, 0.1) is 13.2 Å². The molecule has 9 nitrogen and oxygen atoms in total. The third kappa shape index (κ3) is 36.8. The van der Waals surface area contributed by atoms with Crippen LogP contribution >= 0.6 is 7.82 Å². The lowest BCUT2D eigenvalue weighted by Gasteiger charge is -2.19. The number of esters is 2. The maximum atomic E-state index is 12.5. The van der Waals surface area contributed by atoms with Gasteiger partial charge >= 0.3 is 19.8 Å². The van der Waals surface area contributed by atoms with E-state index >= 15 is 0 Å². The van der Waals surface area contributed by atoms with Crippen LogP contribution in [0.3, 0.4) is 0 Å². The molecular weight excluding hydrogens is 665 g/mol. The van der Waals surface area contributed by atoms with Crippen LogP contribution in [0, 0.1) is 0 Å². The largest absolute Gasteiger partial charge is 0.472 e. The van der Waals surface area contributed by atoms with E-state index in [0.29, 0.717) is 12.8 Å². The molecule has 0 saturated carbocycles. The number of rotatable bonds is 34. The van der Waals surface area contributed by atoms with Crippen molar-refractivity contribution in [3.63, 3.8) is 0 Å². The Morgan fingerprint density at radius 2 is 1.12 bits per heavy atom. The van der Waals surface area contributed by atoms with Crippen molar-refractivity contribution in [3.05, 3.63) is 85.1 Å². The van der Waals surface area contributed by atoms with E-state index in [1.54, 1.807) is 0 Å². The second-order valence-corrected chi connectivity index (χ2v) is 13.5. The number of phosphoric acid groups is 1. The number of hydrogen-bond acceptors (Lipinski definition) is 8. The molecule has 1 unspecified atom stereocenters. The normalized spacial score (nSPS) is 14.4. The number of hydrogen-bond donors (Lipinski definition) is 2. The Labute approximate surface area is 309 Å². The summed E-state index contributed by atoms with van der Waals surface area (Å²) in [7, 11) is -4.40. The first-order chi connectivity index (χ1) is 24.8. The molecule has 0 saturated heterocycles. The van der Waals surface area contributed by atoms with Gasteiger partial charge in [0, 0.05) is 19.4 Å². The zero-order valence-corrected chi connectivity index (χ0v) is 32.4. The van der Waals surface area contributed by atoms with Crippen molar-refractivity contribution in [1.82, 2.24) is 0 Å². The molecule has 3 N–H and O–H groups in total. The van der Waals surface area contributed by atoms with Crippen molar-refractivity contribution in [3.8, 4) is 0 Å². The summed E-state index contributed by atoms with van der Waals surface area (Å²) in [5.41, 5.74) is 5.32. The van der Waals surface area contributed by atoms with Gasteiger partial charge in [-0.15, -0.1) is 0 Å². The van der Waals surface area contributed by atoms with Crippen LogP contribution in [0.2, 0.25) is 0 Å². The first-order valence-corrected chi connectivity index (χ1v) is 20.6. The topological polar surface area (TPSA) is 134 Å². The zero-order chi connectivity index (χ0) is 37.5. The van der Waals surface area contributed by atoms with E-state index in [9.17, 15) is 19.0 Å². The van der Waals surface area contributed by atoms with Crippen molar-refractivity contribution in [2.45, 2.75) is 136 Å². The third-order valence-corrected chi connectivity index (χ3v) is 8.26. The van der Waals surface area contributed by atoms with E-state index in [1.165, 1.54) is 12.8 Å². The molecule has 0 radical (unpaired) electrons. The molecule has 0 bridgehead atoms. The van der Waals surface area contributed by atoms with Crippen LogP contribution < -0.4 is 5.73 Å². The van der Waals surface area contributed by atoms with Gasteiger partial charge in [-0.1, -0.05) is 131 Å². The van der Waals surface area contributed by atoms with E-state index in [0.717, 1.165) is 77.0 Å². The second-order valence-electron chi connectivity index (χ2n) is 12.1. The third-order valence-electron chi connectivity index (χ3n) is 7.28. The minimum atomic E-state index is -4.40. The molecule has 0 amide bonds. The summed E-state index contributed by atoms with van der Waals surface area (Å²) in [6, 6.07) is 0. The fourth-order valence-corrected chi connectivity index (χ4v) is 5.23. The number of unbranched alkanes of at least 4 members (excludes halogenated alkanes) is 7. The first-order valence-electron chi connectivity index (χ1n) is 19.1. The van der Waals surface area contributed by atoms with Crippen molar-refractivity contribution >= 4 is 19.8 Å². The highest BCUT2D eigenvalue weighted by atomic mass is 31.2. The summed E-state index contributed by atoms with van der Waals surface area (Å²) in [5.74, 6) is -0.950. The monoisotopic (exact) mass is 733 g/mol. The van der Waals surface area contributed by atoms with Gasteiger partial charge in [0.2, 0.25) is 0 Å². The van der Waals surface area contributed by atoms with E-state index in [1.807, 2.05) is 12.2 Å². The van der Waals surface area contributed by atoms with Crippen LogP contribution in [-0.4, -0.2) is 49.3 Å². The van der Waals surface area contributed by atoms with Gasteiger partial charge < -0.3 is 20.1 Å². The number of nitrogens with two attached hydrogens (primary N) is 1. The SMILES string of the molecule is CC/C=C/C/C=C/C/C=C/C/C=C/C/C=C/C/C=C/CCC(=O)O[C@H](COC(=O)CCCCCCC/C=C/CCCC)COP(=O)(O)OCCN. The molecule has 0 heterocycles. The lowest BCUT2D eigenvalue weighted by Crippen LogP contribution is -2.29. The zero-order valence-electron chi connectivity index (χ0n) is 31.5. The number of allylic oxidation sites excluding steroid dienone is 14. The smallest absolute Gasteiger partial charge is 0.462 e. The van der Waals surface area contributed by atoms with Gasteiger partial charge in [-0.05, 0) is 70.6 Å². The van der Waals surface area contributed by atoms with Gasteiger partial charge in [0.25, 0.3) is 0 Å². The number of carbonyl (C=O) groups is 2. The molecule has 0 aliphatic rings. The Bertz CT molecular complexity index is 1110. The lowest BCUT2D eigenvalue weighted by atomic mass is 10.1. The van der Waals surface area contributed by atoms with E-state index < -0.39 is 32.5 Å². The number of carbonyl (C=O) groups excluding carboxylic acids is 2. The molecule has 0 spiro atoms. The van der Waals surface area contributed by atoms with Crippen LogP contribution in [0.1, 0.15) is 129 Å². The lowest BCUT2D eigenvalue weighted by molar-refractivity contribution is -0.161. The van der Waals surface area contributed by atoms with E-state index in [4.69, 9.17) is 24.3 Å². The molecule has 0 aliphatic heterocycles. The fourth-order valence-electron chi connectivity index (χ4n) is 4.46. The highest BCUT2D eigenvalue weighted by Gasteiger charge is 2.25. The number of phosphoric ester groups is 1. The summed E-state index contributed by atoms with van der Waals surface area (Å²) >= 11 is 0. The second kappa shape index (κ2) is 37.0. The summed E-state index contributed by atoms with van der Waals surface area (Å²) < 4.78 is 32.5. The van der Waals surface area contributed by atoms with Crippen LogP contribution in [0.5, 0.6) is 0 Å².